The summed E-state index contributed by atoms with van der Waals surface area (Å²) in [6, 6.07) is 7.67. The molecule has 66 valence electrons. The first-order chi connectivity index (χ1) is 6.45. The highest BCUT2D eigenvalue weighted by molar-refractivity contribution is 5.75. The number of furan rings is 1. The van der Waals surface area contributed by atoms with Gasteiger partial charge in [-0.3, -0.25) is 4.99 Å². The number of hydrogen-bond acceptors (Lipinski definition) is 2. The number of aromatic nitrogens is 1. The summed E-state index contributed by atoms with van der Waals surface area (Å²) < 4.78 is 5.09. The Labute approximate surface area is 76.1 Å². The molecule has 0 saturated heterocycles. The molecule has 0 aliphatic rings. The Morgan fingerprint density at radius 1 is 1.38 bits per heavy atom. The molecule has 2 heterocycles. The van der Waals surface area contributed by atoms with Crippen molar-refractivity contribution in [2.45, 2.75) is 6.54 Å². The van der Waals surface area contributed by atoms with Gasteiger partial charge in [0.2, 0.25) is 0 Å². The number of aromatic amines is 1. The second-order valence-corrected chi connectivity index (χ2v) is 2.68. The van der Waals surface area contributed by atoms with Crippen LogP contribution in [-0.2, 0) is 6.54 Å². The van der Waals surface area contributed by atoms with Crippen LogP contribution in [0.2, 0.25) is 0 Å². The van der Waals surface area contributed by atoms with E-state index in [9.17, 15) is 0 Å². The molecular formula is C10H10N2O. The zero-order valence-corrected chi connectivity index (χ0v) is 7.10. The monoisotopic (exact) mass is 174 g/mol. The molecule has 13 heavy (non-hydrogen) atoms. The van der Waals surface area contributed by atoms with Gasteiger partial charge in [0.1, 0.15) is 5.76 Å². The van der Waals surface area contributed by atoms with E-state index in [0.717, 1.165) is 11.5 Å². The van der Waals surface area contributed by atoms with Crippen molar-refractivity contribution in [3.8, 4) is 0 Å². The van der Waals surface area contributed by atoms with E-state index in [0.29, 0.717) is 6.54 Å². The maximum absolute atomic E-state index is 5.09. The van der Waals surface area contributed by atoms with Crippen molar-refractivity contribution in [3.05, 3.63) is 48.2 Å². The highest BCUT2D eigenvalue weighted by atomic mass is 16.3. The zero-order chi connectivity index (χ0) is 8.93. The molecule has 0 radical (unpaired) electrons. The summed E-state index contributed by atoms with van der Waals surface area (Å²) in [7, 11) is 0. The van der Waals surface area contributed by atoms with E-state index in [2.05, 4.69) is 9.98 Å². The van der Waals surface area contributed by atoms with Crippen LogP contribution in [-0.4, -0.2) is 11.2 Å². The summed E-state index contributed by atoms with van der Waals surface area (Å²) in [4.78, 5) is 7.28. The number of nitrogens with one attached hydrogen (secondary N) is 1. The first kappa shape index (κ1) is 7.86. The van der Waals surface area contributed by atoms with Crippen LogP contribution in [0.5, 0.6) is 0 Å². The molecule has 0 aliphatic carbocycles. The largest absolute Gasteiger partial charge is 0.463 e. The number of nitrogens with zero attached hydrogens (tertiary/aromatic N) is 1. The first-order valence-electron chi connectivity index (χ1n) is 4.11. The molecule has 0 amide bonds. The minimum atomic E-state index is 0.660. The molecule has 3 nitrogen and oxygen atoms in total. The Kier molecular flexibility index (Phi) is 2.27. The predicted octanol–water partition coefficient (Wildman–Crippen LogP) is 2.23. The molecule has 0 unspecified atom stereocenters. The molecule has 2 aromatic rings. The van der Waals surface area contributed by atoms with Gasteiger partial charge in [-0.15, -0.1) is 0 Å². The van der Waals surface area contributed by atoms with Gasteiger partial charge in [-0.25, -0.2) is 0 Å². The summed E-state index contributed by atoms with van der Waals surface area (Å²) in [6.07, 6.45) is 5.24. The Bertz CT molecular complexity index is 360. The number of aliphatic imine (C=N–C) groups is 1. The van der Waals surface area contributed by atoms with Crippen molar-refractivity contribution in [1.29, 1.82) is 0 Å². The lowest BCUT2D eigenvalue weighted by molar-refractivity contribution is 0.560. The lowest BCUT2D eigenvalue weighted by Crippen LogP contribution is -1.81. The summed E-state index contributed by atoms with van der Waals surface area (Å²) >= 11 is 0. The molecule has 3 heteroatoms. The minimum absolute atomic E-state index is 0.660. The quantitative estimate of drug-likeness (QED) is 0.712. The lowest BCUT2D eigenvalue weighted by Gasteiger charge is -1.88. The van der Waals surface area contributed by atoms with Crippen LogP contribution in [0.4, 0.5) is 0 Å². The second kappa shape index (κ2) is 3.76. The van der Waals surface area contributed by atoms with E-state index in [1.54, 1.807) is 12.5 Å². The van der Waals surface area contributed by atoms with Gasteiger partial charge in [0.15, 0.2) is 0 Å². The van der Waals surface area contributed by atoms with Gasteiger partial charge < -0.3 is 9.40 Å². The molecule has 0 aromatic carbocycles. The van der Waals surface area contributed by atoms with Gasteiger partial charge in [-0.2, -0.15) is 0 Å². The SMILES string of the molecule is C(=NCc1ccc[nH]1)c1ccco1. The highest BCUT2D eigenvalue weighted by Crippen LogP contribution is 1.98. The van der Waals surface area contributed by atoms with Crippen LogP contribution in [0.1, 0.15) is 11.5 Å². The van der Waals surface area contributed by atoms with Crippen molar-refractivity contribution in [3.63, 3.8) is 0 Å². The fourth-order valence-electron chi connectivity index (χ4n) is 1.06. The van der Waals surface area contributed by atoms with Gasteiger partial charge in [0.05, 0.1) is 19.0 Å². The summed E-state index contributed by atoms with van der Waals surface area (Å²) in [5.41, 5.74) is 1.10. The van der Waals surface area contributed by atoms with Crippen molar-refractivity contribution >= 4 is 6.21 Å². The number of rotatable bonds is 3. The van der Waals surface area contributed by atoms with Gasteiger partial charge in [-0.05, 0) is 24.3 Å². The Morgan fingerprint density at radius 3 is 3.08 bits per heavy atom. The molecule has 0 fully saturated rings. The maximum atomic E-state index is 5.09. The van der Waals surface area contributed by atoms with Crippen molar-refractivity contribution in [2.75, 3.05) is 0 Å². The molecule has 2 rings (SSSR count). The third-order valence-electron chi connectivity index (χ3n) is 1.69. The van der Waals surface area contributed by atoms with Crippen molar-refractivity contribution < 1.29 is 4.42 Å². The zero-order valence-electron chi connectivity index (χ0n) is 7.10. The van der Waals surface area contributed by atoms with Gasteiger partial charge in [0, 0.05) is 11.9 Å². The Morgan fingerprint density at radius 2 is 2.38 bits per heavy atom. The average molecular weight is 174 g/mol. The molecule has 0 aliphatic heterocycles. The Hall–Kier alpha value is -1.77. The van der Waals surface area contributed by atoms with Crippen LogP contribution in [0.3, 0.4) is 0 Å². The summed E-state index contributed by atoms with van der Waals surface area (Å²) in [5.74, 6) is 0.784. The molecule has 1 N–H and O–H groups in total. The predicted molar refractivity (Wildman–Crippen MR) is 50.8 cm³/mol. The number of hydrogen-bond donors (Lipinski definition) is 1. The third kappa shape index (κ3) is 2.08. The molecule has 0 atom stereocenters. The smallest absolute Gasteiger partial charge is 0.144 e. The van der Waals surface area contributed by atoms with E-state index in [-0.39, 0.29) is 0 Å². The summed E-state index contributed by atoms with van der Waals surface area (Å²) in [6.45, 7) is 0.660. The van der Waals surface area contributed by atoms with Gasteiger partial charge >= 0.3 is 0 Å². The molecule has 0 spiro atoms. The van der Waals surface area contributed by atoms with E-state index in [1.807, 2.05) is 30.5 Å². The fourth-order valence-corrected chi connectivity index (χ4v) is 1.06. The van der Waals surface area contributed by atoms with Gasteiger partial charge in [0.25, 0.3) is 0 Å². The van der Waals surface area contributed by atoms with Crippen LogP contribution in [0.25, 0.3) is 0 Å². The van der Waals surface area contributed by atoms with Crippen LogP contribution in [0.15, 0.2) is 46.1 Å². The van der Waals surface area contributed by atoms with E-state index < -0.39 is 0 Å². The van der Waals surface area contributed by atoms with Crippen molar-refractivity contribution in [2.24, 2.45) is 4.99 Å². The standard InChI is InChI=1S/C10H10N2O/c1-3-9(12-5-1)7-11-8-10-4-2-6-13-10/h1-6,8,12H,7H2. The topological polar surface area (TPSA) is 41.3 Å². The average Bonchev–Trinajstić information content (AvgIpc) is 2.75. The third-order valence-corrected chi connectivity index (χ3v) is 1.69. The second-order valence-electron chi connectivity index (χ2n) is 2.68. The highest BCUT2D eigenvalue weighted by Gasteiger charge is 1.89. The van der Waals surface area contributed by atoms with Crippen LogP contribution in [0, 0.1) is 0 Å². The van der Waals surface area contributed by atoms with Crippen molar-refractivity contribution in [1.82, 2.24) is 4.98 Å². The van der Waals surface area contributed by atoms with E-state index in [4.69, 9.17) is 4.42 Å². The fraction of sp³-hybridized carbons (Fsp3) is 0.100. The molecular weight excluding hydrogens is 164 g/mol. The van der Waals surface area contributed by atoms with Crippen LogP contribution >= 0.6 is 0 Å². The molecule has 0 bridgehead atoms. The Balaban J connectivity index is 1.93. The number of H-pyrrole nitrogens is 1. The van der Waals surface area contributed by atoms with Gasteiger partial charge in [-0.1, -0.05) is 0 Å². The summed E-state index contributed by atoms with van der Waals surface area (Å²) in [5, 5.41) is 0. The van der Waals surface area contributed by atoms with E-state index >= 15 is 0 Å². The maximum Gasteiger partial charge on any atom is 0.144 e. The normalized spacial score (nSPS) is 11.1. The van der Waals surface area contributed by atoms with E-state index in [1.165, 1.54) is 0 Å². The minimum Gasteiger partial charge on any atom is -0.463 e. The molecule has 0 saturated carbocycles. The molecule has 2 aromatic heterocycles. The van der Waals surface area contributed by atoms with Crippen LogP contribution < -0.4 is 0 Å². The lowest BCUT2D eigenvalue weighted by atomic mass is 10.4. The first-order valence-corrected chi connectivity index (χ1v) is 4.11.